The molecule has 1 fully saturated rings. The smallest absolute Gasteiger partial charge is 0.276 e. The van der Waals surface area contributed by atoms with Crippen molar-refractivity contribution in [3.8, 4) is 0 Å². The molecule has 2 aromatic rings. The molecule has 3 rings (SSSR count). The number of aryl methyl sites for hydroxylation is 2. The van der Waals surface area contributed by atoms with Gasteiger partial charge in [-0.15, -0.1) is 0 Å². The van der Waals surface area contributed by atoms with Gasteiger partial charge in [-0.05, 0) is 25.0 Å². The van der Waals surface area contributed by atoms with Gasteiger partial charge in [0.2, 0.25) is 5.91 Å². The zero-order valence-corrected chi connectivity index (χ0v) is 15.2. The molecule has 1 aliphatic heterocycles. The van der Waals surface area contributed by atoms with Crippen molar-refractivity contribution in [1.29, 1.82) is 0 Å². The lowest BCUT2D eigenvalue weighted by Gasteiger charge is -2.33. The number of para-hydroxylation sites is 1. The Morgan fingerprint density at radius 1 is 1.19 bits per heavy atom. The van der Waals surface area contributed by atoms with Gasteiger partial charge in [0.1, 0.15) is 5.76 Å². The molecule has 0 atom stereocenters. The number of piperazine rings is 1. The highest BCUT2D eigenvalue weighted by molar-refractivity contribution is 5.93. The summed E-state index contributed by atoms with van der Waals surface area (Å²) in [5, 5.41) is 6.77. The monoisotopic (exact) mass is 356 g/mol. The lowest BCUT2D eigenvalue weighted by Crippen LogP contribution is -2.50. The van der Waals surface area contributed by atoms with Crippen LogP contribution in [0.1, 0.15) is 28.7 Å². The van der Waals surface area contributed by atoms with Crippen molar-refractivity contribution in [2.24, 2.45) is 0 Å². The number of aromatic nitrogens is 1. The van der Waals surface area contributed by atoms with Gasteiger partial charge in [0.05, 0.1) is 6.54 Å². The second kappa shape index (κ2) is 8.14. The van der Waals surface area contributed by atoms with E-state index in [-0.39, 0.29) is 11.8 Å². The van der Waals surface area contributed by atoms with Crippen LogP contribution < -0.4 is 5.32 Å². The van der Waals surface area contributed by atoms with E-state index in [1.54, 1.807) is 17.9 Å². The highest BCUT2D eigenvalue weighted by Crippen LogP contribution is 2.15. The number of nitrogens with one attached hydrogen (secondary N) is 1. The van der Waals surface area contributed by atoms with Crippen LogP contribution in [0.25, 0.3) is 0 Å². The van der Waals surface area contributed by atoms with Crippen molar-refractivity contribution in [3.63, 3.8) is 0 Å². The van der Waals surface area contributed by atoms with E-state index in [0.717, 1.165) is 17.7 Å². The van der Waals surface area contributed by atoms with E-state index in [1.807, 2.05) is 24.3 Å². The molecule has 0 aliphatic carbocycles. The van der Waals surface area contributed by atoms with Crippen LogP contribution in [0.4, 0.5) is 5.69 Å². The Balaban J connectivity index is 1.49. The minimum atomic E-state index is -0.122. The highest BCUT2D eigenvalue weighted by Gasteiger charge is 2.25. The number of rotatable bonds is 5. The molecule has 1 N–H and O–H groups in total. The van der Waals surface area contributed by atoms with Crippen molar-refractivity contribution in [2.45, 2.75) is 20.3 Å². The Bertz CT molecular complexity index is 779. The molecule has 138 valence electrons. The van der Waals surface area contributed by atoms with Gasteiger partial charge in [-0.2, -0.15) is 0 Å². The maximum absolute atomic E-state index is 12.4. The van der Waals surface area contributed by atoms with Crippen molar-refractivity contribution in [1.82, 2.24) is 15.0 Å². The van der Waals surface area contributed by atoms with Crippen molar-refractivity contribution in [3.05, 3.63) is 47.3 Å². The minimum Gasteiger partial charge on any atom is -0.361 e. The third-order valence-corrected chi connectivity index (χ3v) is 4.55. The van der Waals surface area contributed by atoms with Gasteiger partial charge < -0.3 is 14.7 Å². The molecule has 1 saturated heterocycles. The van der Waals surface area contributed by atoms with Gasteiger partial charge in [-0.1, -0.05) is 30.3 Å². The predicted molar refractivity (Wildman–Crippen MR) is 98.0 cm³/mol. The van der Waals surface area contributed by atoms with Gasteiger partial charge in [0, 0.05) is 37.9 Å². The Morgan fingerprint density at radius 3 is 2.58 bits per heavy atom. The van der Waals surface area contributed by atoms with Gasteiger partial charge in [0.15, 0.2) is 5.69 Å². The fourth-order valence-corrected chi connectivity index (χ4v) is 3.08. The molecular weight excluding hydrogens is 332 g/mol. The molecule has 7 heteroatoms. The normalized spacial score (nSPS) is 15.1. The largest absolute Gasteiger partial charge is 0.361 e. The first kappa shape index (κ1) is 18.1. The number of anilines is 1. The number of carbonyl (C=O) groups is 2. The van der Waals surface area contributed by atoms with Crippen LogP contribution in [-0.4, -0.2) is 59.5 Å². The third kappa shape index (κ3) is 4.29. The second-order valence-electron chi connectivity index (χ2n) is 6.45. The molecule has 0 spiro atoms. The van der Waals surface area contributed by atoms with Crippen LogP contribution in [0.3, 0.4) is 0 Å². The minimum absolute atomic E-state index is 0.0298. The van der Waals surface area contributed by atoms with Crippen LogP contribution >= 0.6 is 0 Å². The number of benzene rings is 1. The summed E-state index contributed by atoms with van der Waals surface area (Å²) in [4.78, 5) is 28.5. The van der Waals surface area contributed by atoms with Crippen molar-refractivity contribution in [2.75, 3.05) is 38.0 Å². The van der Waals surface area contributed by atoms with Gasteiger partial charge in [0.25, 0.3) is 5.91 Å². The summed E-state index contributed by atoms with van der Waals surface area (Å²) in [6, 6.07) is 9.48. The molecule has 1 aromatic carbocycles. The Hall–Kier alpha value is -2.67. The van der Waals surface area contributed by atoms with Crippen LogP contribution in [-0.2, 0) is 11.2 Å². The first-order chi connectivity index (χ1) is 12.6. The zero-order chi connectivity index (χ0) is 18.5. The maximum Gasteiger partial charge on any atom is 0.276 e. The fourth-order valence-electron chi connectivity index (χ4n) is 3.08. The van der Waals surface area contributed by atoms with E-state index in [2.05, 4.69) is 22.3 Å². The SMILES string of the molecule is CCc1ccccc1NC(=O)CN1CCN(C(=O)c2cc(C)on2)CC1. The summed E-state index contributed by atoms with van der Waals surface area (Å²) < 4.78 is 4.96. The number of hydrogen-bond acceptors (Lipinski definition) is 5. The molecule has 0 bridgehead atoms. The second-order valence-corrected chi connectivity index (χ2v) is 6.45. The molecule has 2 heterocycles. The maximum atomic E-state index is 12.4. The van der Waals surface area contributed by atoms with E-state index in [1.165, 1.54) is 0 Å². The fraction of sp³-hybridized carbons (Fsp3) is 0.421. The number of nitrogens with zero attached hydrogens (tertiary/aromatic N) is 3. The highest BCUT2D eigenvalue weighted by atomic mass is 16.5. The standard InChI is InChI=1S/C19H24N4O3/c1-3-15-6-4-5-7-16(15)20-18(24)13-22-8-10-23(11-9-22)19(25)17-12-14(2)26-21-17/h4-7,12H,3,8-11,13H2,1-2H3,(H,20,24). The molecule has 0 saturated carbocycles. The molecule has 2 amide bonds. The quantitative estimate of drug-likeness (QED) is 0.886. The third-order valence-electron chi connectivity index (χ3n) is 4.55. The molecule has 0 unspecified atom stereocenters. The average molecular weight is 356 g/mol. The summed E-state index contributed by atoms with van der Waals surface area (Å²) in [6.45, 7) is 6.61. The van der Waals surface area contributed by atoms with Gasteiger partial charge in [-0.25, -0.2) is 0 Å². The summed E-state index contributed by atoms with van der Waals surface area (Å²) in [5.41, 5.74) is 2.33. The van der Waals surface area contributed by atoms with E-state index >= 15 is 0 Å². The lowest BCUT2D eigenvalue weighted by atomic mass is 10.1. The van der Waals surface area contributed by atoms with Crippen LogP contribution in [0, 0.1) is 6.92 Å². The molecular formula is C19H24N4O3. The molecule has 1 aliphatic rings. The first-order valence-corrected chi connectivity index (χ1v) is 8.89. The topological polar surface area (TPSA) is 78.7 Å². The number of amides is 2. The van der Waals surface area contributed by atoms with Crippen LogP contribution in [0.2, 0.25) is 0 Å². The van der Waals surface area contributed by atoms with Crippen LogP contribution in [0.5, 0.6) is 0 Å². The van der Waals surface area contributed by atoms with E-state index in [0.29, 0.717) is 44.2 Å². The van der Waals surface area contributed by atoms with Crippen molar-refractivity contribution >= 4 is 17.5 Å². The Labute approximate surface area is 152 Å². The van der Waals surface area contributed by atoms with E-state index < -0.39 is 0 Å². The summed E-state index contributed by atoms with van der Waals surface area (Å²) >= 11 is 0. The first-order valence-electron chi connectivity index (χ1n) is 8.89. The van der Waals surface area contributed by atoms with Crippen LogP contribution in [0.15, 0.2) is 34.9 Å². The van der Waals surface area contributed by atoms with Crippen molar-refractivity contribution < 1.29 is 14.1 Å². The Morgan fingerprint density at radius 2 is 1.92 bits per heavy atom. The summed E-state index contributed by atoms with van der Waals surface area (Å²) in [6.07, 6.45) is 0.874. The van der Waals surface area contributed by atoms with Gasteiger partial charge in [-0.3, -0.25) is 14.5 Å². The molecule has 7 nitrogen and oxygen atoms in total. The molecule has 1 aromatic heterocycles. The molecule has 0 radical (unpaired) electrons. The Kier molecular flexibility index (Phi) is 5.68. The summed E-state index contributed by atoms with van der Waals surface area (Å²) in [5.74, 6) is 0.469. The zero-order valence-electron chi connectivity index (χ0n) is 15.2. The van der Waals surface area contributed by atoms with E-state index in [4.69, 9.17) is 4.52 Å². The number of hydrogen-bond donors (Lipinski definition) is 1. The van der Waals surface area contributed by atoms with Gasteiger partial charge >= 0.3 is 0 Å². The summed E-state index contributed by atoms with van der Waals surface area (Å²) in [7, 11) is 0. The number of carbonyl (C=O) groups excluding carboxylic acids is 2. The molecule has 26 heavy (non-hydrogen) atoms. The lowest BCUT2D eigenvalue weighted by molar-refractivity contribution is -0.117. The van der Waals surface area contributed by atoms with E-state index in [9.17, 15) is 9.59 Å². The predicted octanol–water partition coefficient (Wildman–Crippen LogP) is 1.94. The average Bonchev–Trinajstić information content (AvgIpc) is 3.08.